The van der Waals surface area contributed by atoms with Crippen LogP contribution in [0.25, 0.3) is 0 Å². The van der Waals surface area contributed by atoms with Gasteiger partial charge in [0.1, 0.15) is 6.61 Å². The van der Waals surface area contributed by atoms with Crippen molar-refractivity contribution >= 4 is 19.8 Å². The van der Waals surface area contributed by atoms with Crippen LogP contribution in [0, 0.1) is 0 Å². The molecule has 8 nitrogen and oxygen atoms in total. The highest BCUT2D eigenvalue weighted by Gasteiger charge is 2.25. The fraction of sp³-hybridized carbons (Fsp3) is 0.902. The van der Waals surface area contributed by atoms with Crippen LogP contribution in [-0.4, -0.2) is 42.8 Å². The number of carbonyl (C=O) groups is 2. The lowest BCUT2D eigenvalue weighted by Crippen LogP contribution is -2.29. The van der Waals surface area contributed by atoms with Gasteiger partial charge in [-0.3, -0.25) is 18.6 Å². The van der Waals surface area contributed by atoms with E-state index >= 15 is 0 Å². The highest BCUT2D eigenvalue weighted by Crippen LogP contribution is 2.43. The molecule has 0 aromatic rings. The first-order valence-corrected chi connectivity index (χ1v) is 22.5. The van der Waals surface area contributed by atoms with Crippen LogP contribution in [-0.2, 0) is 32.7 Å². The molecule has 0 aromatic heterocycles. The molecule has 0 radical (unpaired) electrons. The summed E-state index contributed by atoms with van der Waals surface area (Å²) in [4.78, 5) is 34.7. The molecule has 0 aliphatic carbocycles. The van der Waals surface area contributed by atoms with E-state index in [1.807, 2.05) is 0 Å². The molecule has 50 heavy (non-hydrogen) atoms. The van der Waals surface area contributed by atoms with E-state index in [2.05, 4.69) is 26.0 Å². The first kappa shape index (κ1) is 48.8. The maximum atomic E-state index is 12.5. The van der Waals surface area contributed by atoms with Gasteiger partial charge < -0.3 is 14.4 Å². The third-order valence-electron chi connectivity index (χ3n) is 9.07. The maximum Gasteiger partial charge on any atom is 0.472 e. The van der Waals surface area contributed by atoms with E-state index in [0.717, 1.165) is 44.9 Å². The Morgan fingerprint density at radius 3 is 1.32 bits per heavy atom. The highest BCUT2D eigenvalue weighted by molar-refractivity contribution is 7.47. The van der Waals surface area contributed by atoms with Crippen LogP contribution in [0.5, 0.6) is 0 Å². The maximum absolute atomic E-state index is 12.5. The molecule has 0 saturated carbocycles. The summed E-state index contributed by atoms with van der Waals surface area (Å²) in [5, 5.41) is 0. The van der Waals surface area contributed by atoms with Crippen LogP contribution >= 0.6 is 7.82 Å². The Kier molecular flexibility index (Phi) is 36.6. The van der Waals surface area contributed by atoms with Gasteiger partial charge in [0, 0.05) is 12.8 Å². The number of hydrogen-bond donors (Lipinski definition) is 1. The molecular weight excluding hydrogens is 651 g/mol. The van der Waals surface area contributed by atoms with Gasteiger partial charge >= 0.3 is 19.8 Å². The Hall–Kier alpha value is -1.21. The quantitative estimate of drug-likeness (QED) is 0.0288. The van der Waals surface area contributed by atoms with Crippen LogP contribution in [0.4, 0.5) is 0 Å². The number of carbonyl (C=O) groups excluding carboxylic acids is 2. The van der Waals surface area contributed by atoms with Crippen molar-refractivity contribution in [3.8, 4) is 0 Å². The SMILES string of the molecule is CCCCCCCCC/C=C\CCCCCCCCCC(=O)OC(COC(=O)CCCCCCCCCCCCCC)COP(=O)(O)OCC. The smallest absolute Gasteiger partial charge is 0.462 e. The second kappa shape index (κ2) is 37.5. The third kappa shape index (κ3) is 36.6. The number of unbranched alkanes of at least 4 members (excludes halogenated alkanes) is 25. The van der Waals surface area contributed by atoms with Gasteiger partial charge in [-0.2, -0.15) is 0 Å². The Bertz CT molecular complexity index is 833. The van der Waals surface area contributed by atoms with Crippen molar-refractivity contribution in [2.45, 2.75) is 219 Å². The predicted octanol–water partition coefficient (Wildman–Crippen LogP) is 12.9. The lowest BCUT2D eigenvalue weighted by Gasteiger charge is -2.19. The molecule has 296 valence electrons. The predicted molar refractivity (Wildman–Crippen MR) is 207 cm³/mol. The second-order valence-electron chi connectivity index (χ2n) is 14.0. The molecule has 0 fully saturated rings. The first-order chi connectivity index (χ1) is 24.3. The van der Waals surface area contributed by atoms with Crippen molar-refractivity contribution in [3.63, 3.8) is 0 Å². The summed E-state index contributed by atoms with van der Waals surface area (Å²) in [7, 11) is -4.27. The molecule has 0 heterocycles. The molecule has 9 heteroatoms. The van der Waals surface area contributed by atoms with Gasteiger partial charge in [-0.05, 0) is 45.4 Å². The van der Waals surface area contributed by atoms with Crippen LogP contribution in [0.1, 0.15) is 213 Å². The molecule has 0 aliphatic heterocycles. The minimum absolute atomic E-state index is 0.00265. The fourth-order valence-electron chi connectivity index (χ4n) is 5.98. The van der Waals surface area contributed by atoms with Gasteiger partial charge in [-0.15, -0.1) is 0 Å². The van der Waals surface area contributed by atoms with Gasteiger partial charge in [0.25, 0.3) is 0 Å². The Balaban J connectivity index is 4.07. The molecular formula is C41H79O8P. The van der Waals surface area contributed by atoms with E-state index < -0.39 is 19.9 Å². The van der Waals surface area contributed by atoms with E-state index in [9.17, 15) is 19.0 Å². The summed E-state index contributed by atoms with van der Waals surface area (Å²) in [5.41, 5.74) is 0. The van der Waals surface area contributed by atoms with Gasteiger partial charge in [0.05, 0.1) is 13.2 Å². The summed E-state index contributed by atoms with van der Waals surface area (Å²) in [6.45, 7) is 5.48. The Morgan fingerprint density at radius 2 is 0.900 bits per heavy atom. The molecule has 0 saturated heterocycles. The molecule has 0 bridgehead atoms. The number of phosphoric acid groups is 1. The van der Waals surface area contributed by atoms with Crippen molar-refractivity contribution in [3.05, 3.63) is 12.2 Å². The molecule has 0 rings (SSSR count). The zero-order valence-electron chi connectivity index (χ0n) is 32.8. The monoisotopic (exact) mass is 731 g/mol. The molecule has 0 spiro atoms. The lowest BCUT2D eigenvalue weighted by atomic mass is 10.0. The van der Waals surface area contributed by atoms with E-state index in [-0.39, 0.29) is 32.2 Å². The Labute approximate surface area is 308 Å². The number of ether oxygens (including phenoxy) is 2. The van der Waals surface area contributed by atoms with E-state index in [1.54, 1.807) is 6.92 Å². The van der Waals surface area contributed by atoms with Crippen LogP contribution < -0.4 is 0 Å². The normalized spacial score (nSPS) is 13.4. The number of hydrogen-bond acceptors (Lipinski definition) is 7. The van der Waals surface area contributed by atoms with E-state index in [4.69, 9.17) is 18.5 Å². The van der Waals surface area contributed by atoms with Crippen LogP contribution in [0.2, 0.25) is 0 Å². The first-order valence-electron chi connectivity index (χ1n) is 21.0. The number of rotatable bonds is 39. The molecule has 2 atom stereocenters. The largest absolute Gasteiger partial charge is 0.472 e. The number of phosphoric ester groups is 1. The van der Waals surface area contributed by atoms with Crippen molar-refractivity contribution in [2.75, 3.05) is 19.8 Å². The zero-order chi connectivity index (χ0) is 36.8. The molecule has 2 unspecified atom stereocenters. The van der Waals surface area contributed by atoms with E-state index in [1.165, 1.54) is 128 Å². The zero-order valence-corrected chi connectivity index (χ0v) is 33.7. The minimum atomic E-state index is -4.27. The summed E-state index contributed by atoms with van der Waals surface area (Å²) < 4.78 is 32.6. The average molecular weight is 731 g/mol. The summed E-state index contributed by atoms with van der Waals surface area (Å²) in [6.07, 6.45) is 38.3. The summed E-state index contributed by atoms with van der Waals surface area (Å²) >= 11 is 0. The lowest BCUT2D eigenvalue weighted by molar-refractivity contribution is -0.161. The fourth-order valence-corrected chi connectivity index (χ4v) is 6.73. The van der Waals surface area contributed by atoms with Crippen molar-refractivity contribution < 1.29 is 37.6 Å². The topological polar surface area (TPSA) is 108 Å². The van der Waals surface area contributed by atoms with Gasteiger partial charge in [-0.25, -0.2) is 4.57 Å². The van der Waals surface area contributed by atoms with E-state index in [0.29, 0.717) is 12.8 Å². The Morgan fingerprint density at radius 1 is 0.520 bits per heavy atom. The number of allylic oxidation sites excluding steroid dienone is 2. The van der Waals surface area contributed by atoms with Gasteiger partial charge in [0.15, 0.2) is 6.10 Å². The molecule has 0 aliphatic rings. The standard InChI is InChI=1S/C41H79O8P/c1-4-7-9-11-13-15-17-19-20-21-22-23-24-26-28-30-32-34-36-41(43)49-39(38-48-50(44,45)47-6-3)37-46-40(42)35-33-31-29-27-25-18-16-14-12-10-8-5-2/h20-21,39H,4-19,22-38H2,1-3H3,(H,44,45)/b21-20-. The summed E-state index contributed by atoms with van der Waals surface area (Å²) in [5.74, 6) is -0.794. The van der Waals surface area contributed by atoms with Gasteiger partial charge in [0.2, 0.25) is 0 Å². The average Bonchev–Trinajstić information content (AvgIpc) is 3.09. The molecule has 1 N–H and O–H groups in total. The van der Waals surface area contributed by atoms with Crippen molar-refractivity contribution in [2.24, 2.45) is 0 Å². The molecule has 0 aromatic carbocycles. The second-order valence-corrected chi connectivity index (χ2v) is 15.5. The van der Waals surface area contributed by atoms with Crippen molar-refractivity contribution in [1.29, 1.82) is 0 Å². The minimum Gasteiger partial charge on any atom is -0.462 e. The van der Waals surface area contributed by atoms with Crippen LogP contribution in [0.3, 0.4) is 0 Å². The third-order valence-corrected chi connectivity index (χ3v) is 10.1. The molecule has 0 amide bonds. The van der Waals surface area contributed by atoms with Crippen LogP contribution in [0.15, 0.2) is 12.2 Å². The van der Waals surface area contributed by atoms with Gasteiger partial charge in [-0.1, -0.05) is 167 Å². The number of esters is 2. The summed E-state index contributed by atoms with van der Waals surface area (Å²) in [6, 6.07) is 0. The van der Waals surface area contributed by atoms with Crippen molar-refractivity contribution in [1.82, 2.24) is 0 Å². The highest BCUT2D eigenvalue weighted by atomic mass is 31.2.